The van der Waals surface area contributed by atoms with E-state index in [2.05, 4.69) is 10.2 Å². The van der Waals surface area contributed by atoms with Gasteiger partial charge in [-0.1, -0.05) is 6.42 Å². The van der Waals surface area contributed by atoms with Crippen LogP contribution in [0.3, 0.4) is 0 Å². The number of hydrogen-bond acceptors (Lipinski definition) is 2. The Bertz CT molecular complexity index is 115. The fourth-order valence-corrected chi connectivity index (χ4v) is 1.96. The molecule has 2 heterocycles. The van der Waals surface area contributed by atoms with Crippen LogP contribution in [0.2, 0.25) is 0 Å². The monoisotopic (exact) mass is 154 g/mol. The summed E-state index contributed by atoms with van der Waals surface area (Å²) in [4.78, 5) is 2.61. The minimum atomic E-state index is 0.827. The molecular weight excluding hydrogens is 136 g/mol. The lowest BCUT2D eigenvalue weighted by atomic mass is 10.0. The van der Waals surface area contributed by atoms with Crippen LogP contribution in [0, 0.1) is 0 Å². The van der Waals surface area contributed by atoms with Crippen molar-refractivity contribution in [2.75, 3.05) is 26.2 Å². The van der Waals surface area contributed by atoms with E-state index in [4.69, 9.17) is 0 Å². The zero-order valence-corrected chi connectivity index (χ0v) is 7.18. The fraction of sp³-hybridized carbons (Fsp3) is 1.00. The average molecular weight is 154 g/mol. The van der Waals surface area contributed by atoms with Gasteiger partial charge in [0.2, 0.25) is 0 Å². The molecule has 0 radical (unpaired) electrons. The van der Waals surface area contributed by atoms with Gasteiger partial charge in [0, 0.05) is 12.6 Å². The van der Waals surface area contributed by atoms with Crippen molar-refractivity contribution < 1.29 is 0 Å². The van der Waals surface area contributed by atoms with Gasteiger partial charge in [-0.2, -0.15) is 0 Å². The lowest BCUT2D eigenvalue weighted by molar-refractivity contribution is 0.180. The van der Waals surface area contributed by atoms with Crippen molar-refractivity contribution >= 4 is 0 Å². The largest absolute Gasteiger partial charge is 0.313 e. The summed E-state index contributed by atoms with van der Waals surface area (Å²) >= 11 is 0. The van der Waals surface area contributed by atoms with Crippen LogP contribution in [0.4, 0.5) is 0 Å². The highest BCUT2D eigenvalue weighted by molar-refractivity contribution is 4.81. The maximum atomic E-state index is 3.45. The quantitative estimate of drug-likeness (QED) is 0.634. The molecule has 1 atom stereocenters. The van der Waals surface area contributed by atoms with Crippen molar-refractivity contribution in [2.24, 2.45) is 0 Å². The zero-order chi connectivity index (χ0) is 7.52. The summed E-state index contributed by atoms with van der Waals surface area (Å²) < 4.78 is 0. The van der Waals surface area contributed by atoms with E-state index in [0.29, 0.717) is 0 Å². The Labute approximate surface area is 69.0 Å². The summed E-state index contributed by atoms with van der Waals surface area (Å²) in [6, 6.07) is 0.827. The van der Waals surface area contributed by atoms with E-state index in [1.807, 2.05) is 0 Å². The molecule has 64 valence electrons. The van der Waals surface area contributed by atoms with Crippen LogP contribution in [-0.2, 0) is 0 Å². The van der Waals surface area contributed by atoms with Crippen LogP contribution < -0.4 is 5.32 Å². The summed E-state index contributed by atoms with van der Waals surface area (Å²) in [5.74, 6) is 0. The smallest absolute Gasteiger partial charge is 0.0207 e. The Balaban J connectivity index is 1.67. The summed E-state index contributed by atoms with van der Waals surface area (Å²) in [6.45, 7) is 5.24. The lowest BCUT2D eigenvalue weighted by Gasteiger charge is -2.35. The average Bonchev–Trinajstić information content (AvgIpc) is 1.99. The third-order valence-electron chi connectivity index (χ3n) is 2.85. The third-order valence-corrected chi connectivity index (χ3v) is 2.85. The Morgan fingerprint density at radius 2 is 1.91 bits per heavy atom. The molecule has 0 saturated carbocycles. The van der Waals surface area contributed by atoms with E-state index in [0.717, 1.165) is 6.04 Å². The second-order valence-electron chi connectivity index (χ2n) is 3.80. The predicted molar refractivity (Wildman–Crippen MR) is 46.7 cm³/mol. The Hall–Kier alpha value is -0.0800. The predicted octanol–water partition coefficient (Wildman–Crippen LogP) is 0.834. The molecule has 0 aromatic heterocycles. The van der Waals surface area contributed by atoms with Gasteiger partial charge >= 0.3 is 0 Å². The van der Waals surface area contributed by atoms with Gasteiger partial charge in [-0.25, -0.2) is 0 Å². The first-order chi connectivity index (χ1) is 5.45. The molecule has 0 spiro atoms. The van der Waals surface area contributed by atoms with Gasteiger partial charge in [0.05, 0.1) is 0 Å². The molecule has 1 unspecified atom stereocenters. The molecule has 0 amide bonds. The van der Waals surface area contributed by atoms with Crippen molar-refractivity contribution in [3.05, 3.63) is 0 Å². The van der Waals surface area contributed by atoms with E-state index >= 15 is 0 Å². The van der Waals surface area contributed by atoms with Gasteiger partial charge in [-0.3, -0.25) is 0 Å². The van der Waals surface area contributed by atoms with Crippen LogP contribution in [0.1, 0.15) is 25.7 Å². The maximum absolute atomic E-state index is 3.45. The van der Waals surface area contributed by atoms with Crippen molar-refractivity contribution in [3.8, 4) is 0 Å². The normalized spacial score (nSPS) is 33.3. The minimum Gasteiger partial charge on any atom is -0.313 e. The van der Waals surface area contributed by atoms with Gasteiger partial charge in [0.1, 0.15) is 0 Å². The van der Waals surface area contributed by atoms with Crippen LogP contribution in [-0.4, -0.2) is 37.1 Å². The Kier molecular flexibility index (Phi) is 2.44. The van der Waals surface area contributed by atoms with Crippen LogP contribution in [0.15, 0.2) is 0 Å². The number of nitrogens with zero attached hydrogens (tertiary/aromatic N) is 1. The summed E-state index contributed by atoms with van der Waals surface area (Å²) in [5, 5.41) is 3.45. The molecule has 11 heavy (non-hydrogen) atoms. The molecule has 2 rings (SSSR count). The second-order valence-corrected chi connectivity index (χ2v) is 3.80. The van der Waals surface area contributed by atoms with Crippen LogP contribution in [0.5, 0.6) is 0 Å². The summed E-state index contributed by atoms with van der Waals surface area (Å²) in [6.07, 6.45) is 5.70. The van der Waals surface area contributed by atoms with Crippen molar-refractivity contribution in [1.29, 1.82) is 0 Å². The van der Waals surface area contributed by atoms with Crippen molar-refractivity contribution in [1.82, 2.24) is 10.2 Å². The Morgan fingerprint density at radius 1 is 1.18 bits per heavy atom. The molecule has 2 fully saturated rings. The van der Waals surface area contributed by atoms with Gasteiger partial charge in [0.25, 0.3) is 0 Å². The lowest BCUT2D eigenvalue weighted by Crippen LogP contribution is -2.51. The topological polar surface area (TPSA) is 15.3 Å². The first kappa shape index (κ1) is 7.56. The minimum absolute atomic E-state index is 0.827. The number of nitrogens with one attached hydrogen (secondary N) is 1. The molecule has 0 aliphatic carbocycles. The maximum Gasteiger partial charge on any atom is 0.0207 e. The number of likely N-dealkylation sites (tertiary alicyclic amines) is 1. The molecule has 0 aromatic rings. The van der Waals surface area contributed by atoms with Gasteiger partial charge in [-0.15, -0.1) is 0 Å². The molecule has 0 bridgehead atoms. The molecule has 2 nitrogen and oxygen atoms in total. The van der Waals surface area contributed by atoms with E-state index in [1.54, 1.807) is 0 Å². The molecule has 0 aromatic carbocycles. The van der Waals surface area contributed by atoms with E-state index < -0.39 is 0 Å². The number of rotatable bonds is 2. The van der Waals surface area contributed by atoms with Crippen LogP contribution in [0.25, 0.3) is 0 Å². The highest BCUT2D eigenvalue weighted by atomic mass is 15.2. The van der Waals surface area contributed by atoms with Crippen molar-refractivity contribution in [2.45, 2.75) is 31.7 Å². The number of piperidine rings is 1. The molecular formula is C9H18N2. The van der Waals surface area contributed by atoms with Crippen LogP contribution >= 0.6 is 0 Å². The summed E-state index contributed by atoms with van der Waals surface area (Å²) in [5.41, 5.74) is 0. The van der Waals surface area contributed by atoms with Gasteiger partial charge in [0.15, 0.2) is 0 Å². The van der Waals surface area contributed by atoms with E-state index in [9.17, 15) is 0 Å². The fourth-order valence-electron chi connectivity index (χ4n) is 1.96. The first-order valence-corrected chi connectivity index (χ1v) is 4.91. The molecule has 2 saturated heterocycles. The third kappa shape index (κ3) is 1.94. The first-order valence-electron chi connectivity index (χ1n) is 4.91. The van der Waals surface area contributed by atoms with E-state index in [1.165, 1.54) is 51.9 Å². The second kappa shape index (κ2) is 3.55. The SMILES string of the molecule is C1CCN(CC2CCN2)CC1. The molecule has 2 aliphatic rings. The molecule has 2 heteroatoms. The highest BCUT2D eigenvalue weighted by Gasteiger charge is 2.20. The van der Waals surface area contributed by atoms with Gasteiger partial charge < -0.3 is 10.2 Å². The number of hydrogen-bond donors (Lipinski definition) is 1. The standard InChI is InChI=1S/C9H18N2/c1-2-6-11(7-3-1)8-9-4-5-10-9/h9-10H,1-8H2. The molecule has 2 aliphatic heterocycles. The van der Waals surface area contributed by atoms with E-state index in [-0.39, 0.29) is 0 Å². The van der Waals surface area contributed by atoms with Gasteiger partial charge in [-0.05, 0) is 38.9 Å². The Morgan fingerprint density at radius 3 is 2.45 bits per heavy atom. The highest BCUT2D eigenvalue weighted by Crippen LogP contribution is 2.11. The zero-order valence-electron chi connectivity index (χ0n) is 7.18. The summed E-state index contributed by atoms with van der Waals surface area (Å²) in [7, 11) is 0. The van der Waals surface area contributed by atoms with Crippen molar-refractivity contribution in [3.63, 3.8) is 0 Å². The molecule has 1 N–H and O–H groups in total.